The van der Waals surface area contributed by atoms with Gasteiger partial charge in [0.1, 0.15) is 5.82 Å². The smallest absolute Gasteiger partial charge is 0.330 e. The molecule has 0 aliphatic rings. The van der Waals surface area contributed by atoms with Crippen molar-refractivity contribution >= 4 is 0 Å². The zero-order chi connectivity index (χ0) is 14.8. The second-order valence-corrected chi connectivity index (χ2v) is 4.39. The molecule has 0 aliphatic carbocycles. The van der Waals surface area contributed by atoms with E-state index in [1.54, 1.807) is 12.1 Å². The summed E-state index contributed by atoms with van der Waals surface area (Å²) >= 11 is 0. The molecule has 0 fully saturated rings. The number of hydrogen-bond donors (Lipinski definition) is 1. The Kier molecular flexibility index (Phi) is 4.09. The van der Waals surface area contributed by atoms with E-state index in [2.05, 4.69) is 0 Å². The average Bonchev–Trinajstić information content (AvgIpc) is 2.38. The summed E-state index contributed by atoms with van der Waals surface area (Å²) in [6.07, 6.45) is -3.93. The van der Waals surface area contributed by atoms with Gasteiger partial charge >= 0.3 is 6.18 Å². The first-order valence-electron chi connectivity index (χ1n) is 6.08. The molecule has 0 amide bonds. The molecule has 0 bridgehead atoms. The Hall–Kier alpha value is -1.88. The quantitative estimate of drug-likeness (QED) is 0.846. The summed E-state index contributed by atoms with van der Waals surface area (Å²) in [6.45, 7) is 0.344. The summed E-state index contributed by atoms with van der Waals surface area (Å²) in [5.74, 6) is -0.462. The van der Waals surface area contributed by atoms with E-state index < -0.39 is 17.6 Å². The predicted octanol–water partition coefficient (Wildman–Crippen LogP) is 4.01. The highest BCUT2D eigenvalue weighted by molar-refractivity contribution is 5.68. The number of hydrogen-bond acceptors (Lipinski definition) is 1. The van der Waals surface area contributed by atoms with E-state index in [-0.39, 0.29) is 0 Å². The van der Waals surface area contributed by atoms with Gasteiger partial charge in [-0.25, -0.2) is 4.39 Å². The van der Waals surface area contributed by atoms with E-state index in [0.29, 0.717) is 29.7 Å². The fourth-order valence-corrected chi connectivity index (χ4v) is 2.08. The Bertz CT molecular complexity index is 588. The highest BCUT2D eigenvalue weighted by atomic mass is 19.4. The van der Waals surface area contributed by atoms with E-state index in [1.807, 2.05) is 0 Å². The third-order valence-electron chi connectivity index (χ3n) is 3.01. The first kappa shape index (κ1) is 14.5. The summed E-state index contributed by atoms with van der Waals surface area (Å²) in [5, 5.41) is 0. The molecule has 0 saturated carbocycles. The maximum atomic E-state index is 13.9. The Morgan fingerprint density at radius 3 is 2.15 bits per heavy atom. The molecule has 0 saturated heterocycles. The first-order chi connectivity index (χ1) is 9.43. The van der Waals surface area contributed by atoms with Crippen molar-refractivity contribution in [1.82, 2.24) is 0 Å². The number of halogens is 4. The van der Waals surface area contributed by atoms with Crippen molar-refractivity contribution in [2.45, 2.75) is 12.6 Å². The third-order valence-corrected chi connectivity index (χ3v) is 3.01. The molecule has 0 unspecified atom stereocenters. The van der Waals surface area contributed by atoms with Crippen molar-refractivity contribution in [1.29, 1.82) is 0 Å². The zero-order valence-electron chi connectivity index (χ0n) is 10.5. The Morgan fingerprint density at radius 2 is 1.60 bits per heavy atom. The van der Waals surface area contributed by atoms with Crippen LogP contribution in [0, 0.1) is 5.82 Å². The maximum Gasteiger partial charge on any atom is 0.416 e. The molecule has 0 aliphatic heterocycles. The summed E-state index contributed by atoms with van der Waals surface area (Å²) in [6, 6.07) is 9.04. The molecule has 2 aromatic carbocycles. The SMILES string of the molecule is NCCc1cccc(F)c1-c1ccc(C(F)(F)F)cc1. The summed E-state index contributed by atoms with van der Waals surface area (Å²) in [7, 11) is 0. The second kappa shape index (κ2) is 5.63. The lowest BCUT2D eigenvalue weighted by Gasteiger charge is -2.12. The molecule has 2 N–H and O–H groups in total. The summed E-state index contributed by atoms with van der Waals surface area (Å²) in [5.41, 5.74) is 6.13. The zero-order valence-corrected chi connectivity index (χ0v) is 10.5. The van der Waals surface area contributed by atoms with Crippen LogP contribution in [0.25, 0.3) is 11.1 Å². The van der Waals surface area contributed by atoms with Crippen molar-refractivity contribution in [3.05, 3.63) is 59.4 Å². The first-order valence-corrected chi connectivity index (χ1v) is 6.08. The molecule has 0 heterocycles. The van der Waals surface area contributed by atoms with E-state index in [1.165, 1.54) is 18.2 Å². The van der Waals surface area contributed by atoms with Crippen molar-refractivity contribution in [2.24, 2.45) is 5.73 Å². The minimum Gasteiger partial charge on any atom is -0.330 e. The Balaban J connectivity index is 2.46. The molecule has 20 heavy (non-hydrogen) atoms. The minimum absolute atomic E-state index is 0.312. The lowest BCUT2D eigenvalue weighted by molar-refractivity contribution is -0.137. The van der Waals surface area contributed by atoms with Crippen LogP contribution in [-0.2, 0) is 12.6 Å². The standard InChI is InChI=1S/C15H13F4N/c16-13-3-1-2-10(8-9-20)14(13)11-4-6-12(7-5-11)15(17,18)19/h1-7H,8-9,20H2. The van der Waals surface area contributed by atoms with E-state index in [9.17, 15) is 17.6 Å². The lowest BCUT2D eigenvalue weighted by atomic mass is 9.96. The van der Waals surface area contributed by atoms with Crippen LogP contribution in [-0.4, -0.2) is 6.54 Å². The van der Waals surface area contributed by atoms with E-state index in [0.717, 1.165) is 12.1 Å². The minimum atomic E-state index is -4.39. The van der Waals surface area contributed by atoms with Gasteiger partial charge in [-0.15, -0.1) is 0 Å². The van der Waals surface area contributed by atoms with Gasteiger partial charge in [0, 0.05) is 5.56 Å². The van der Waals surface area contributed by atoms with Gasteiger partial charge in [-0.05, 0) is 42.3 Å². The van der Waals surface area contributed by atoms with Gasteiger partial charge in [0.05, 0.1) is 5.56 Å². The molecular weight excluding hydrogens is 270 g/mol. The molecule has 5 heteroatoms. The molecular formula is C15H13F4N. The number of nitrogens with two attached hydrogens (primary N) is 1. The second-order valence-electron chi connectivity index (χ2n) is 4.39. The molecule has 0 radical (unpaired) electrons. The van der Waals surface area contributed by atoms with Gasteiger partial charge in [-0.1, -0.05) is 24.3 Å². The van der Waals surface area contributed by atoms with E-state index >= 15 is 0 Å². The summed E-state index contributed by atoms with van der Waals surface area (Å²) in [4.78, 5) is 0. The highest BCUT2D eigenvalue weighted by Gasteiger charge is 2.30. The Labute approximate surface area is 114 Å². The van der Waals surface area contributed by atoms with Crippen LogP contribution < -0.4 is 5.73 Å². The highest BCUT2D eigenvalue weighted by Crippen LogP contribution is 2.32. The lowest BCUT2D eigenvalue weighted by Crippen LogP contribution is -2.06. The van der Waals surface area contributed by atoms with Crippen LogP contribution >= 0.6 is 0 Å². The monoisotopic (exact) mass is 283 g/mol. The normalized spacial score (nSPS) is 11.7. The fourth-order valence-electron chi connectivity index (χ4n) is 2.08. The number of benzene rings is 2. The molecule has 0 spiro atoms. The van der Waals surface area contributed by atoms with Crippen LogP contribution in [0.15, 0.2) is 42.5 Å². The summed E-state index contributed by atoms with van der Waals surface area (Å²) < 4.78 is 51.5. The molecule has 0 atom stereocenters. The van der Waals surface area contributed by atoms with Gasteiger partial charge in [0.25, 0.3) is 0 Å². The number of rotatable bonds is 3. The molecule has 1 nitrogen and oxygen atoms in total. The largest absolute Gasteiger partial charge is 0.416 e. The molecule has 106 valence electrons. The van der Waals surface area contributed by atoms with E-state index in [4.69, 9.17) is 5.73 Å². The molecule has 2 aromatic rings. The molecule has 2 rings (SSSR count). The van der Waals surface area contributed by atoms with Crippen molar-refractivity contribution < 1.29 is 17.6 Å². The van der Waals surface area contributed by atoms with Gasteiger partial charge in [-0.3, -0.25) is 0 Å². The third kappa shape index (κ3) is 2.99. The van der Waals surface area contributed by atoms with Gasteiger partial charge in [0.2, 0.25) is 0 Å². The fraction of sp³-hybridized carbons (Fsp3) is 0.200. The van der Waals surface area contributed by atoms with Crippen LogP contribution in [0.3, 0.4) is 0 Å². The van der Waals surface area contributed by atoms with Crippen LogP contribution in [0.2, 0.25) is 0 Å². The Morgan fingerprint density at radius 1 is 0.950 bits per heavy atom. The molecule has 0 aromatic heterocycles. The van der Waals surface area contributed by atoms with Gasteiger partial charge < -0.3 is 5.73 Å². The van der Waals surface area contributed by atoms with Crippen LogP contribution in [0.4, 0.5) is 17.6 Å². The van der Waals surface area contributed by atoms with Gasteiger partial charge in [0.15, 0.2) is 0 Å². The van der Waals surface area contributed by atoms with Gasteiger partial charge in [-0.2, -0.15) is 13.2 Å². The maximum absolute atomic E-state index is 13.9. The van der Waals surface area contributed by atoms with Crippen LogP contribution in [0.5, 0.6) is 0 Å². The average molecular weight is 283 g/mol. The van der Waals surface area contributed by atoms with Crippen molar-refractivity contribution in [3.63, 3.8) is 0 Å². The van der Waals surface area contributed by atoms with Crippen molar-refractivity contribution in [3.8, 4) is 11.1 Å². The predicted molar refractivity (Wildman–Crippen MR) is 69.6 cm³/mol. The topological polar surface area (TPSA) is 26.0 Å². The van der Waals surface area contributed by atoms with Crippen LogP contribution in [0.1, 0.15) is 11.1 Å². The van der Waals surface area contributed by atoms with Crippen molar-refractivity contribution in [2.75, 3.05) is 6.54 Å². The number of alkyl halides is 3.